The Labute approximate surface area is 423 Å². The van der Waals surface area contributed by atoms with E-state index in [2.05, 4.69) is 31.3 Å². The van der Waals surface area contributed by atoms with Crippen LogP contribution in [0.2, 0.25) is 0 Å². The van der Waals surface area contributed by atoms with E-state index in [0.29, 0.717) is 12.8 Å². The normalized spacial score (nSPS) is 20.4. The van der Waals surface area contributed by atoms with Gasteiger partial charge in [0.2, 0.25) is 5.91 Å². The number of unbranched alkanes of at least 4 members (excludes halogenated alkanes) is 37. The first kappa shape index (κ1) is 65.9. The van der Waals surface area contributed by atoms with Crippen LogP contribution in [0.15, 0.2) is 12.2 Å². The molecular formula is C58H113NO10. The molecule has 0 aromatic heterocycles. The molecule has 0 radical (unpaired) electrons. The molecule has 1 aliphatic heterocycles. The summed E-state index contributed by atoms with van der Waals surface area (Å²) in [7, 11) is 0. The van der Waals surface area contributed by atoms with E-state index in [-0.39, 0.29) is 12.8 Å². The minimum Gasteiger partial charge on any atom is -0.394 e. The number of carbonyl (C=O) groups excluding carboxylic acids is 1. The van der Waals surface area contributed by atoms with Crippen LogP contribution in [-0.4, -0.2) is 110 Å². The Bertz CT molecular complexity index is 1130. The average molecular weight is 985 g/mol. The molecule has 1 aliphatic rings. The zero-order valence-corrected chi connectivity index (χ0v) is 44.8. The summed E-state index contributed by atoms with van der Waals surface area (Å²) in [5.74, 6) is -0.703. The number of nitrogens with one attached hydrogen (secondary N) is 1. The highest BCUT2D eigenvalue weighted by Gasteiger charge is 2.44. The molecule has 410 valence electrons. The summed E-state index contributed by atoms with van der Waals surface area (Å²) >= 11 is 0. The quantitative estimate of drug-likeness (QED) is 0.0215. The van der Waals surface area contributed by atoms with E-state index in [4.69, 9.17) is 9.47 Å². The predicted molar refractivity (Wildman–Crippen MR) is 284 cm³/mol. The average Bonchev–Trinajstić information content (AvgIpc) is 3.35. The maximum absolute atomic E-state index is 13.1. The van der Waals surface area contributed by atoms with Crippen molar-refractivity contribution in [3.63, 3.8) is 0 Å². The fourth-order valence-corrected chi connectivity index (χ4v) is 9.74. The maximum atomic E-state index is 13.1. The second-order valence-corrected chi connectivity index (χ2v) is 21.1. The van der Waals surface area contributed by atoms with E-state index < -0.39 is 74.2 Å². The van der Waals surface area contributed by atoms with Gasteiger partial charge >= 0.3 is 0 Å². The number of carbonyl (C=O) groups is 1. The molecule has 0 aromatic rings. The van der Waals surface area contributed by atoms with Crippen LogP contribution < -0.4 is 5.32 Å². The first-order valence-electron chi connectivity index (χ1n) is 29.6. The van der Waals surface area contributed by atoms with Crippen molar-refractivity contribution in [1.29, 1.82) is 0 Å². The van der Waals surface area contributed by atoms with E-state index in [1.807, 2.05) is 0 Å². The van der Waals surface area contributed by atoms with E-state index in [9.17, 15) is 40.5 Å². The third-order valence-corrected chi connectivity index (χ3v) is 14.6. The lowest BCUT2D eigenvalue weighted by Gasteiger charge is -2.40. The van der Waals surface area contributed by atoms with Crippen molar-refractivity contribution in [3.05, 3.63) is 12.2 Å². The fourth-order valence-electron chi connectivity index (χ4n) is 9.74. The van der Waals surface area contributed by atoms with Gasteiger partial charge in [0.25, 0.3) is 0 Å². The molecule has 1 saturated heterocycles. The van der Waals surface area contributed by atoms with Gasteiger partial charge in [-0.15, -0.1) is 0 Å². The van der Waals surface area contributed by atoms with E-state index in [1.165, 1.54) is 205 Å². The molecule has 0 bridgehead atoms. The number of hydrogen-bond acceptors (Lipinski definition) is 10. The van der Waals surface area contributed by atoms with Gasteiger partial charge in [-0.2, -0.15) is 0 Å². The Morgan fingerprint density at radius 2 is 0.855 bits per heavy atom. The second kappa shape index (κ2) is 47.8. The van der Waals surface area contributed by atoms with Gasteiger partial charge in [0.1, 0.15) is 36.6 Å². The molecule has 1 fully saturated rings. The van der Waals surface area contributed by atoms with E-state index >= 15 is 0 Å². The molecule has 0 aromatic carbocycles. The number of aliphatic hydroxyl groups is 7. The Kier molecular flexibility index (Phi) is 45.7. The Morgan fingerprint density at radius 3 is 1.25 bits per heavy atom. The van der Waals surface area contributed by atoms with Crippen LogP contribution >= 0.6 is 0 Å². The van der Waals surface area contributed by atoms with Crippen LogP contribution in [0.5, 0.6) is 0 Å². The Balaban J connectivity index is 2.14. The number of ether oxygens (including phenoxy) is 2. The monoisotopic (exact) mass is 984 g/mol. The molecular weight excluding hydrogens is 871 g/mol. The molecule has 0 saturated carbocycles. The lowest BCUT2D eigenvalue weighted by molar-refractivity contribution is -0.303. The van der Waals surface area contributed by atoms with Crippen LogP contribution in [0.25, 0.3) is 0 Å². The third kappa shape index (κ3) is 36.4. The van der Waals surface area contributed by atoms with Crippen molar-refractivity contribution in [2.24, 2.45) is 0 Å². The molecule has 9 atom stereocenters. The first-order chi connectivity index (χ1) is 33.7. The topological polar surface area (TPSA) is 189 Å². The third-order valence-electron chi connectivity index (χ3n) is 14.6. The van der Waals surface area contributed by atoms with Crippen molar-refractivity contribution in [2.45, 2.75) is 339 Å². The summed E-state index contributed by atoms with van der Waals surface area (Å²) in [5.41, 5.74) is 0. The van der Waals surface area contributed by atoms with Crippen LogP contribution in [0.4, 0.5) is 0 Å². The van der Waals surface area contributed by atoms with Crippen LogP contribution in [0.1, 0.15) is 284 Å². The summed E-state index contributed by atoms with van der Waals surface area (Å²) in [6, 6.07) is -1.18. The van der Waals surface area contributed by atoms with E-state index in [0.717, 1.165) is 38.5 Å². The SMILES string of the molecule is CCCCCCC/C=C/CCCC(O)C(O)C(COC1OC(CO)C(O)C(O)C1O)NC(=O)C(O)CCCCCCCCCCCCCCCCCCCCCCCCCCCCCCCCCC. The lowest BCUT2D eigenvalue weighted by Crippen LogP contribution is -2.60. The molecule has 11 nitrogen and oxygen atoms in total. The van der Waals surface area contributed by atoms with Crippen molar-refractivity contribution in [1.82, 2.24) is 5.32 Å². The Hall–Kier alpha value is -1.15. The van der Waals surface area contributed by atoms with Gasteiger partial charge in [0, 0.05) is 0 Å². The zero-order chi connectivity index (χ0) is 50.4. The van der Waals surface area contributed by atoms with Crippen LogP contribution in [-0.2, 0) is 14.3 Å². The molecule has 0 aliphatic carbocycles. The van der Waals surface area contributed by atoms with Gasteiger partial charge < -0.3 is 50.5 Å². The standard InChI is InChI=1S/C58H113NO10/c1-3-5-7-9-11-13-15-16-17-18-19-20-21-22-23-24-25-26-27-28-29-30-31-32-33-34-35-36-38-40-42-44-46-51(62)57(67)59-49(48-68-58-56(66)55(65)54(64)52(47-60)69-58)53(63)50(61)45-43-41-39-37-14-12-10-8-6-4-2/h37,39,49-56,58,60-66H,3-36,38,40-48H2,1-2H3,(H,59,67)/b39-37+. The first-order valence-corrected chi connectivity index (χ1v) is 29.6. The molecule has 0 spiro atoms. The predicted octanol–water partition coefficient (Wildman–Crippen LogP) is 12.4. The van der Waals surface area contributed by atoms with Gasteiger partial charge in [-0.25, -0.2) is 0 Å². The highest BCUT2D eigenvalue weighted by Crippen LogP contribution is 2.23. The van der Waals surface area contributed by atoms with Crippen molar-refractivity contribution in [3.8, 4) is 0 Å². The second-order valence-electron chi connectivity index (χ2n) is 21.1. The summed E-state index contributed by atoms with van der Waals surface area (Å²) in [6.45, 7) is 3.43. The van der Waals surface area contributed by atoms with Crippen molar-refractivity contribution >= 4 is 5.91 Å². The molecule has 8 N–H and O–H groups in total. The molecule has 11 heteroatoms. The number of amides is 1. The van der Waals surface area contributed by atoms with Crippen molar-refractivity contribution < 1.29 is 50.0 Å². The largest absolute Gasteiger partial charge is 0.394 e. The molecule has 1 heterocycles. The van der Waals surface area contributed by atoms with Gasteiger partial charge in [-0.1, -0.05) is 257 Å². The van der Waals surface area contributed by atoms with Gasteiger partial charge in [0.05, 0.1) is 25.4 Å². The van der Waals surface area contributed by atoms with Crippen LogP contribution in [0.3, 0.4) is 0 Å². The van der Waals surface area contributed by atoms with E-state index in [1.54, 1.807) is 0 Å². The van der Waals surface area contributed by atoms with Gasteiger partial charge in [-0.3, -0.25) is 4.79 Å². The molecule has 69 heavy (non-hydrogen) atoms. The highest BCUT2D eigenvalue weighted by atomic mass is 16.7. The molecule has 9 unspecified atom stereocenters. The van der Waals surface area contributed by atoms with Crippen molar-refractivity contribution in [2.75, 3.05) is 13.2 Å². The number of allylic oxidation sites excluding steroid dienone is 2. The summed E-state index contributed by atoms with van der Waals surface area (Å²) in [6.07, 6.45) is 44.6. The lowest BCUT2D eigenvalue weighted by atomic mass is 9.98. The minimum absolute atomic E-state index is 0.259. The summed E-state index contributed by atoms with van der Waals surface area (Å²) in [5, 5.41) is 75.8. The highest BCUT2D eigenvalue weighted by molar-refractivity contribution is 5.80. The molecule has 1 rings (SSSR count). The summed E-state index contributed by atoms with van der Waals surface area (Å²) < 4.78 is 11.1. The van der Waals surface area contributed by atoms with Gasteiger partial charge in [0.15, 0.2) is 6.29 Å². The van der Waals surface area contributed by atoms with Crippen LogP contribution in [0, 0.1) is 0 Å². The van der Waals surface area contributed by atoms with Gasteiger partial charge in [-0.05, 0) is 38.5 Å². The number of aliphatic hydroxyl groups excluding tert-OH is 7. The number of hydrogen-bond donors (Lipinski definition) is 8. The Morgan fingerprint density at radius 1 is 0.493 bits per heavy atom. The maximum Gasteiger partial charge on any atom is 0.249 e. The smallest absolute Gasteiger partial charge is 0.249 e. The molecule has 1 amide bonds. The zero-order valence-electron chi connectivity index (χ0n) is 44.8. The number of rotatable bonds is 51. The fraction of sp³-hybridized carbons (Fsp3) is 0.948. The summed E-state index contributed by atoms with van der Waals surface area (Å²) in [4.78, 5) is 13.1. The minimum atomic E-state index is -1.66.